The number of ether oxygens (including phenoxy) is 1. The number of carbonyl (C=O) groups is 2. The van der Waals surface area contributed by atoms with Crippen molar-refractivity contribution in [2.24, 2.45) is 0 Å². The molecule has 2 saturated heterocycles. The summed E-state index contributed by atoms with van der Waals surface area (Å²) in [5.74, 6) is 5.81. The molecule has 34 heavy (non-hydrogen) atoms. The van der Waals surface area contributed by atoms with Gasteiger partial charge in [-0.2, -0.15) is 0 Å². The lowest BCUT2D eigenvalue weighted by molar-refractivity contribution is 0.103. The number of para-hydroxylation sites is 1. The van der Waals surface area contributed by atoms with Gasteiger partial charge in [0.1, 0.15) is 0 Å². The van der Waals surface area contributed by atoms with Crippen LogP contribution in [-0.2, 0) is 10.2 Å². The van der Waals surface area contributed by atoms with Gasteiger partial charge in [-0.1, -0.05) is 31.0 Å². The number of hydrogen-bond acceptors (Lipinski definition) is 4. The van der Waals surface area contributed by atoms with E-state index in [9.17, 15) is 9.59 Å². The van der Waals surface area contributed by atoms with Crippen molar-refractivity contribution in [3.05, 3.63) is 29.8 Å². The molecule has 0 radical (unpaired) electrons. The number of hydrogen-bond donors (Lipinski definition) is 0. The molecule has 7 heteroatoms. The Morgan fingerprint density at radius 2 is 1.85 bits per heavy atom. The van der Waals surface area contributed by atoms with E-state index in [2.05, 4.69) is 34.9 Å². The molecular formula is C27H38N4O3. The molecule has 3 heterocycles. The van der Waals surface area contributed by atoms with Gasteiger partial charge in [-0.05, 0) is 56.8 Å². The molecule has 0 bridgehead atoms. The highest BCUT2D eigenvalue weighted by Crippen LogP contribution is 2.47. The summed E-state index contributed by atoms with van der Waals surface area (Å²) in [6.45, 7) is 6.47. The highest BCUT2D eigenvalue weighted by atomic mass is 16.6. The molecule has 3 aliphatic heterocycles. The number of benzene rings is 1. The van der Waals surface area contributed by atoms with Crippen LogP contribution in [0.15, 0.2) is 24.3 Å². The molecule has 4 rings (SSSR count). The summed E-state index contributed by atoms with van der Waals surface area (Å²) >= 11 is 0. The molecule has 1 atom stereocenters. The van der Waals surface area contributed by atoms with Crippen LogP contribution in [0.2, 0.25) is 0 Å². The molecule has 184 valence electrons. The van der Waals surface area contributed by atoms with E-state index in [1.165, 1.54) is 5.56 Å². The number of amides is 3. The van der Waals surface area contributed by atoms with Crippen molar-refractivity contribution in [3.63, 3.8) is 0 Å². The molecule has 2 fully saturated rings. The fourth-order valence-corrected chi connectivity index (χ4v) is 5.78. The van der Waals surface area contributed by atoms with Gasteiger partial charge in [0.2, 0.25) is 0 Å². The zero-order valence-electron chi connectivity index (χ0n) is 20.9. The lowest BCUT2D eigenvalue weighted by Gasteiger charge is -2.43. The van der Waals surface area contributed by atoms with Crippen molar-refractivity contribution in [1.29, 1.82) is 0 Å². The van der Waals surface area contributed by atoms with Crippen LogP contribution < -0.4 is 4.90 Å². The Kier molecular flexibility index (Phi) is 7.67. The molecule has 0 saturated carbocycles. The second-order valence-corrected chi connectivity index (χ2v) is 9.93. The van der Waals surface area contributed by atoms with E-state index in [1.807, 2.05) is 36.9 Å². The van der Waals surface area contributed by atoms with Crippen LogP contribution in [0.1, 0.15) is 51.0 Å². The van der Waals surface area contributed by atoms with Gasteiger partial charge in [-0.15, -0.1) is 5.92 Å². The number of urea groups is 1. The lowest BCUT2D eigenvalue weighted by atomic mass is 9.74. The Bertz CT molecular complexity index is 943. The molecule has 0 aliphatic carbocycles. The summed E-state index contributed by atoms with van der Waals surface area (Å²) in [4.78, 5) is 33.4. The summed E-state index contributed by atoms with van der Waals surface area (Å²) < 4.78 is 5.33. The van der Waals surface area contributed by atoms with Crippen LogP contribution in [0, 0.1) is 11.8 Å². The van der Waals surface area contributed by atoms with Gasteiger partial charge in [0.15, 0.2) is 6.61 Å². The maximum Gasteiger partial charge on any atom is 0.410 e. The third-order valence-corrected chi connectivity index (χ3v) is 7.64. The minimum atomic E-state index is -0.239. The van der Waals surface area contributed by atoms with Crippen molar-refractivity contribution in [2.75, 3.05) is 58.3 Å². The Morgan fingerprint density at radius 1 is 1.09 bits per heavy atom. The number of fused-ring (bicyclic) bond motifs is 2. The fraction of sp³-hybridized carbons (Fsp3) is 0.630. The highest BCUT2D eigenvalue weighted by Gasteiger charge is 2.47. The first-order chi connectivity index (χ1) is 16.4. The van der Waals surface area contributed by atoms with Gasteiger partial charge in [0.05, 0.1) is 0 Å². The largest absolute Gasteiger partial charge is 0.436 e. The Morgan fingerprint density at radius 3 is 2.59 bits per heavy atom. The molecule has 3 amide bonds. The first kappa shape index (κ1) is 24.4. The summed E-state index contributed by atoms with van der Waals surface area (Å²) in [6, 6.07) is 8.98. The number of piperidine rings is 1. The standard InChI is InChI=1S/C27H38N4O3/c1-4-5-8-20-34-26(33)30-16-9-10-22(13-17-30)29-18-14-27(15-19-29)21-31(25(32)28(2)3)24-12-7-6-11-23(24)27/h6-7,11-12,22H,4,9-10,13-21H2,1-3H3. The van der Waals surface area contributed by atoms with E-state index in [0.717, 1.165) is 76.9 Å². The van der Waals surface area contributed by atoms with Crippen molar-refractivity contribution in [1.82, 2.24) is 14.7 Å². The number of likely N-dealkylation sites (tertiary alicyclic amines) is 2. The van der Waals surface area contributed by atoms with Gasteiger partial charge < -0.3 is 19.4 Å². The van der Waals surface area contributed by atoms with Gasteiger partial charge in [-0.3, -0.25) is 4.90 Å². The molecule has 0 N–H and O–H groups in total. The van der Waals surface area contributed by atoms with Crippen molar-refractivity contribution in [2.45, 2.75) is 56.9 Å². The van der Waals surface area contributed by atoms with Gasteiger partial charge in [-0.25, -0.2) is 9.59 Å². The average Bonchev–Trinajstić information content (AvgIpc) is 2.99. The SMILES string of the molecule is CCC#CCOC(=O)N1CCCC(N2CCC3(CC2)CN(C(=O)N(C)C)c2ccccc23)CC1. The fourth-order valence-electron chi connectivity index (χ4n) is 5.78. The number of rotatable bonds is 2. The molecule has 1 aromatic rings. The molecular weight excluding hydrogens is 428 g/mol. The van der Waals surface area contributed by atoms with Crippen LogP contribution in [0.5, 0.6) is 0 Å². The summed E-state index contributed by atoms with van der Waals surface area (Å²) in [7, 11) is 3.64. The third-order valence-electron chi connectivity index (χ3n) is 7.64. The first-order valence-corrected chi connectivity index (χ1v) is 12.6. The Balaban J connectivity index is 1.35. The van der Waals surface area contributed by atoms with E-state index in [0.29, 0.717) is 6.04 Å². The predicted molar refractivity (Wildman–Crippen MR) is 134 cm³/mol. The van der Waals surface area contributed by atoms with Gasteiger partial charge in [0, 0.05) is 57.3 Å². The number of carbonyl (C=O) groups excluding carboxylic acids is 2. The van der Waals surface area contributed by atoms with Crippen LogP contribution in [0.25, 0.3) is 0 Å². The molecule has 1 spiro atoms. The van der Waals surface area contributed by atoms with Crippen LogP contribution in [0.4, 0.5) is 15.3 Å². The molecule has 3 aliphatic rings. The first-order valence-electron chi connectivity index (χ1n) is 12.6. The normalized spacial score (nSPS) is 21.9. The van der Waals surface area contributed by atoms with Gasteiger partial charge >= 0.3 is 12.1 Å². The van der Waals surface area contributed by atoms with E-state index in [4.69, 9.17) is 4.74 Å². The Hall–Kier alpha value is -2.72. The van der Waals surface area contributed by atoms with Crippen LogP contribution in [0.3, 0.4) is 0 Å². The maximum absolute atomic E-state index is 12.9. The predicted octanol–water partition coefficient (Wildman–Crippen LogP) is 3.93. The van der Waals surface area contributed by atoms with E-state index >= 15 is 0 Å². The summed E-state index contributed by atoms with van der Waals surface area (Å²) in [5, 5.41) is 0. The van der Waals surface area contributed by atoms with Crippen LogP contribution in [-0.4, -0.2) is 86.3 Å². The smallest absolute Gasteiger partial charge is 0.410 e. The minimum absolute atomic E-state index is 0.0405. The lowest BCUT2D eigenvalue weighted by Crippen LogP contribution is -2.50. The van der Waals surface area contributed by atoms with Crippen molar-refractivity contribution in [3.8, 4) is 11.8 Å². The Labute approximate surface area is 204 Å². The average molecular weight is 467 g/mol. The van der Waals surface area contributed by atoms with Gasteiger partial charge in [0.25, 0.3) is 0 Å². The highest BCUT2D eigenvalue weighted by molar-refractivity contribution is 5.95. The summed E-state index contributed by atoms with van der Waals surface area (Å²) in [5.41, 5.74) is 2.44. The monoisotopic (exact) mass is 466 g/mol. The molecule has 1 unspecified atom stereocenters. The number of anilines is 1. The van der Waals surface area contributed by atoms with E-state index < -0.39 is 0 Å². The number of nitrogens with zero attached hydrogens (tertiary/aromatic N) is 4. The van der Waals surface area contributed by atoms with E-state index in [-0.39, 0.29) is 24.1 Å². The van der Waals surface area contributed by atoms with Crippen molar-refractivity contribution >= 4 is 17.8 Å². The zero-order chi connectivity index (χ0) is 24.1. The topological polar surface area (TPSA) is 56.3 Å². The maximum atomic E-state index is 12.9. The molecule has 1 aromatic carbocycles. The zero-order valence-corrected chi connectivity index (χ0v) is 20.9. The molecule has 0 aromatic heterocycles. The third kappa shape index (κ3) is 5.02. The van der Waals surface area contributed by atoms with Crippen molar-refractivity contribution < 1.29 is 14.3 Å². The minimum Gasteiger partial charge on any atom is -0.436 e. The van der Waals surface area contributed by atoms with E-state index in [1.54, 1.807) is 4.90 Å². The molecule has 7 nitrogen and oxygen atoms in total. The second kappa shape index (κ2) is 10.7. The van der Waals surface area contributed by atoms with Crippen LogP contribution >= 0.6 is 0 Å². The summed E-state index contributed by atoms with van der Waals surface area (Å²) in [6.07, 6.45) is 5.72. The quantitative estimate of drug-likeness (QED) is 0.620. The second-order valence-electron chi connectivity index (χ2n) is 9.93.